The highest BCUT2D eigenvalue weighted by Gasteiger charge is 2.25. The molecule has 0 saturated carbocycles. The van der Waals surface area contributed by atoms with Crippen LogP contribution in [0.15, 0.2) is 18.3 Å². The number of thiocarbonyl (C=S) groups is 1. The van der Waals surface area contributed by atoms with Gasteiger partial charge in [-0.15, -0.1) is 0 Å². The number of hydrogen-bond acceptors (Lipinski definition) is 4. The van der Waals surface area contributed by atoms with Crippen LogP contribution in [0.5, 0.6) is 0 Å². The molecule has 4 nitrogen and oxygen atoms in total. The van der Waals surface area contributed by atoms with Crippen molar-refractivity contribution in [2.24, 2.45) is 5.73 Å². The Morgan fingerprint density at radius 2 is 2.25 bits per heavy atom. The number of likely N-dealkylation sites (N-methyl/N-ethyl adjacent to an activating group) is 1. The highest BCUT2D eigenvalue weighted by Crippen LogP contribution is 2.18. The summed E-state index contributed by atoms with van der Waals surface area (Å²) in [5.41, 5.74) is 7.60. The monoisotopic (exact) mass is 292 g/mol. The van der Waals surface area contributed by atoms with E-state index in [9.17, 15) is 0 Å². The Labute approximate surface area is 127 Å². The molecule has 1 aromatic rings. The van der Waals surface area contributed by atoms with Crippen molar-refractivity contribution in [1.82, 2.24) is 14.8 Å². The lowest BCUT2D eigenvalue weighted by molar-refractivity contribution is 0.209. The van der Waals surface area contributed by atoms with E-state index in [0.29, 0.717) is 11.0 Å². The summed E-state index contributed by atoms with van der Waals surface area (Å²) < 4.78 is 0. The van der Waals surface area contributed by atoms with Crippen LogP contribution in [0.25, 0.3) is 0 Å². The molecule has 1 aliphatic heterocycles. The molecule has 1 aliphatic rings. The molecule has 110 valence electrons. The third-order valence-electron chi connectivity index (χ3n) is 4.06. The van der Waals surface area contributed by atoms with Crippen LogP contribution < -0.4 is 5.73 Å². The fourth-order valence-corrected chi connectivity index (χ4v) is 3.07. The first kappa shape index (κ1) is 15.4. The largest absolute Gasteiger partial charge is 0.388 e. The Kier molecular flexibility index (Phi) is 5.46. The highest BCUT2D eigenvalue weighted by molar-refractivity contribution is 7.80. The van der Waals surface area contributed by atoms with E-state index in [2.05, 4.69) is 28.6 Å². The lowest BCUT2D eigenvalue weighted by atomic mass is 10.2. The van der Waals surface area contributed by atoms with E-state index < -0.39 is 0 Å². The van der Waals surface area contributed by atoms with Crippen LogP contribution in [0.3, 0.4) is 0 Å². The lowest BCUT2D eigenvalue weighted by Gasteiger charge is -2.26. The van der Waals surface area contributed by atoms with Crippen LogP contribution in [-0.2, 0) is 6.54 Å². The van der Waals surface area contributed by atoms with Crippen molar-refractivity contribution in [3.8, 4) is 0 Å². The van der Waals surface area contributed by atoms with Gasteiger partial charge in [0.05, 0.1) is 5.69 Å². The number of nitrogens with zero attached hydrogens (tertiary/aromatic N) is 3. The van der Waals surface area contributed by atoms with E-state index in [1.807, 2.05) is 12.1 Å². The molecule has 0 aromatic carbocycles. The SMILES string of the molecule is CCN(CC)C1CCN(Cc2ccnc(C(N)=S)c2)C1. The fraction of sp³-hybridized carbons (Fsp3) is 0.600. The van der Waals surface area contributed by atoms with Crippen molar-refractivity contribution in [3.05, 3.63) is 29.6 Å². The van der Waals surface area contributed by atoms with Crippen LogP contribution in [0, 0.1) is 0 Å². The summed E-state index contributed by atoms with van der Waals surface area (Å²) in [7, 11) is 0. The predicted molar refractivity (Wildman–Crippen MR) is 86.7 cm³/mol. The van der Waals surface area contributed by atoms with Crippen LogP contribution in [0.1, 0.15) is 31.5 Å². The average Bonchev–Trinajstić information content (AvgIpc) is 2.89. The third-order valence-corrected chi connectivity index (χ3v) is 4.27. The zero-order valence-electron chi connectivity index (χ0n) is 12.4. The minimum atomic E-state index is 0.370. The second-order valence-electron chi connectivity index (χ2n) is 5.31. The summed E-state index contributed by atoms with van der Waals surface area (Å²) in [6.45, 7) is 10.0. The molecule has 0 aliphatic carbocycles. The lowest BCUT2D eigenvalue weighted by Crippen LogP contribution is -2.37. The Balaban J connectivity index is 1.95. The van der Waals surface area contributed by atoms with Gasteiger partial charge in [0.2, 0.25) is 0 Å². The molecule has 1 aromatic heterocycles. The number of aromatic nitrogens is 1. The summed E-state index contributed by atoms with van der Waals surface area (Å²) in [6.07, 6.45) is 3.05. The predicted octanol–water partition coefficient (Wildman–Crippen LogP) is 1.63. The first-order chi connectivity index (χ1) is 9.63. The minimum absolute atomic E-state index is 0.370. The van der Waals surface area contributed by atoms with Gasteiger partial charge in [-0.1, -0.05) is 26.1 Å². The maximum Gasteiger partial charge on any atom is 0.122 e. The van der Waals surface area contributed by atoms with Gasteiger partial charge in [0.15, 0.2) is 0 Å². The summed E-state index contributed by atoms with van der Waals surface area (Å²) in [6, 6.07) is 4.75. The first-order valence-electron chi connectivity index (χ1n) is 7.35. The van der Waals surface area contributed by atoms with Gasteiger partial charge in [-0.3, -0.25) is 14.8 Å². The van der Waals surface area contributed by atoms with E-state index in [1.54, 1.807) is 6.20 Å². The molecular formula is C15H24N4S. The summed E-state index contributed by atoms with van der Waals surface area (Å²) >= 11 is 4.98. The van der Waals surface area contributed by atoms with E-state index >= 15 is 0 Å². The first-order valence-corrected chi connectivity index (χ1v) is 7.76. The number of likely N-dealkylation sites (tertiary alicyclic amines) is 1. The van der Waals surface area contributed by atoms with Crippen molar-refractivity contribution < 1.29 is 0 Å². The molecule has 5 heteroatoms. The quantitative estimate of drug-likeness (QED) is 0.808. The average molecular weight is 292 g/mol. The molecular weight excluding hydrogens is 268 g/mol. The zero-order valence-corrected chi connectivity index (χ0v) is 13.2. The van der Waals surface area contributed by atoms with Gasteiger partial charge in [-0.2, -0.15) is 0 Å². The van der Waals surface area contributed by atoms with Crippen molar-refractivity contribution in [2.75, 3.05) is 26.2 Å². The van der Waals surface area contributed by atoms with Crippen molar-refractivity contribution in [2.45, 2.75) is 32.9 Å². The molecule has 2 heterocycles. The number of rotatable bonds is 6. The molecule has 1 saturated heterocycles. The second-order valence-corrected chi connectivity index (χ2v) is 5.75. The summed E-state index contributed by atoms with van der Waals surface area (Å²) in [5.74, 6) is 0. The fourth-order valence-electron chi connectivity index (χ4n) is 2.96. The smallest absolute Gasteiger partial charge is 0.122 e. The van der Waals surface area contributed by atoms with Crippen LogP contribution >= 0.6 is 12.2 Å². The van der Waals surface area contributed by atoms with Gasteiger partial charge < -0.3 is 5.73 Å². The van der Waals surface area contributed by atoms with Gasteiger partial charge in [-0.05, 0) is 37.2 Å². The molecule has 2 N–H and O–H groups in total. The molecule has 2 rings (SSSR count). The Bertz CT molecular complexity index is 459. The topological polar surface area (TPSA) is 45.4 Å². The van der Waals surface area contributed by atoms with Crippen LogP contribution in [0.4, 0.5) is 0 Å². The maximum atomic E-state index is 5.64. The van der Waals surface area contributed by atoms with Gasteiger partial charge in [0, 0.05) is 31.9 Å². The van der Waals surface area contributed by atoms with Crippen molar-refractivity contribution in [3.63, 3.8) is 0 Å². The van der Waals surface area contributed by atoms with Gasteiger partial charge in [-0.25, -0.2) is 0 Å². The second kappa shape index (κ2) is 7.11. The normalized spacial score (nSPS) is 19.6. The number of hydrogen-bond donors (Lipinski definition) is 1. The Hall–Kier alpha value is -1.04. The maximum absolute atomic E-state index is 5.64. The minimum Gasteiger partial charge on any atom is -0.388 e. The van der Waals surface area contributed by atoms with Crippen LogP contribution in [0.2, 0.25) is 0 Å². The molecule has 1 unspecified atom stereocenters. The molecule has 0 amide bonds. The summed E-state index contributed by atoms with van der Waals surface area (Å²) in [5, 5.41) is 0. The van der Waals surface area contributed by atoms with Gasteiger partial charge in [0.25, 0.3) is 0 Å². The Morgan fingerprint density at radius 3 is 2.90 bits per heavy atom. The van der Waals surface area contributed by atoms with E-state index in [-0.39, 0.29) is 0 Å². The van der Waals surface area contributed by atoms with E-state index in [4.69, 9.17) is 18.0 Å². The molecule has 1 atom stereocenters. The molecule has 1 fully saturated rings. The third kappa shape index (κ3) is 3.75. The number of nitrogens with two attached hydrogens (primary N) is 1. The van der Waals surface area contributed by atoms with Gasteiger partial charge in [0.1, 0.15) is 4.99 Å². The van der Waals surface area contributed by atoms with Crippen molar-refractivity contribution >= 4 is 17.2 Å². The van der Waals surface area contributed by atoms with E-state index in [1.165, 1.54) is 12.0 Å². The van der Waals surface area contributed by atoms with E-state index in [0.717, 1.165) is 38.4 Å². The molecule has 0 spiro atoms. The van der Waals surface area contributed by atoms with Crippen molar-refractivity contribution in [1.29, 1.82) is 0 Å². The molecule has 20 heavy (non-hydrogen) atoms. The molecule has 0 radical (unpaired) electrons. The van der Waals surface area contributed by atoms with Crippen LogP contribution in [-0.4, -0.2) is 52.0 Å². The van der Waals surface area contributed by atoms with Gasteiger partial charge >= 0.3 is 0 Å². The standard InChI is InChI=1S/C15H24N4S/c1-3-19(4-2)13-6-8-18(11-13)10-12-5-7-17-14(9-12)15(16)20/h5,7,9,13H,3-4,6,8,10-11H2,1-2H3,(H2,16,20). The molecule has 0 bridgehead atoms. The highest BCUT2D eigenvalue weighted by atomic mass is 32.1. The Morgan fingerprint density at radius 1 is 1.50 bits per heavy atom. The summed E-state index contributed by atoms with van der Waals surface area (Å²) in [4.78, 5) is 9.61. The number of pyridine rings is 1. The zero-order chi connectivity index (χ0) is 14.5.